The van der Waals surface area contributed by atoms with E-state index in [2.05, 4.69) is 5.10 Å². The maximum absolute atomic E-state index is 10.1. The van der Waals surface area contributed by atoms with Gasteiger partial charge in [0.05, 0.1) is 29.5 Å². The third-order valence-corrected chi connectivity index (χ3v) is 2.97. The van der Waals surface area contributed by atoms with Crippen LogP contribution in [0.1, 0.15) is 26.5 Å². The molecule has 0 fully saturated rings. The van der Waals surface area contributed by atoms with Crippen molar-refractivity contribution in [1.82, 2.24) is 9.78 Å². The van der Waals surface area contributed by atoms with Crippen LogP contribution in [-0.2, 0) is 18.2 Å². The van der Waals surface area contributed by atoms with Gasteiger partial charge in [-0.25, -0.2) is 0 Å². The van der Waals surface area contributed by atoms with Crippen LogP contribution in [-0.4, -0.2) is 33.2 Å². The molecule has 0 spiro atoms. The van der Waals surface area contributed by atoms with Crippen LogP contribution < -0.4 is 0 Å². The predicted molar refractivity (Wildman–Crippen MR) is 76.1 cm³/mol. The number of hydrogen-bond acceptors (Lipinski definition) is 3. The van der Waals surface area contributed by atoms with Crippen molar-refractivity contribution in [2.75, 3.05) is 6.61 Å². The van der Waals surface area contributed by atoms with Crippen LogP contribution in [0.25, 0.3) is 10.9 Å². The molecular weight excluding hydrogens is 240 g/mol. The summed E-state index contributed by atoms with van der Waals surface area (Å²) in [6.45, 7) is 6.27. The molecular formula is C15H22N2O2. The summed E-state index contributed by atoms with van der Waals surface area (Å²) in [5, 5.41) is 15.6. The lowest BCUT2D eigenvalue weighted by molar-refractivity contribution is -0.0484. The first-order valence-corrected chi connectivity index (χ1v) is 6.59. The first-order valence-electron chi connectivity index (χ1n) is 6.59. The minimum absolute atomic E-state index is 0.229. The van der Waals surface area contributed by atoms with Gasteiger partial charge >= 0.3 is 0 Å². The van der Waals surface area contributed by atoms with Crippen LogP contribution in [0.5, 0.6) is 0 Å². The Bertz CT molecular complexity index is 555. The minimum atomic E-state index is -0.530. The number of benzene rings is 1. The summed E-state index contributed by atoms with van der Waals surface area (Å²) in [5.74, 6) is 0. The number of hydrogen-bond donors (Lipinski definition) is 1. The second-order valence-corrected chi connectivity index (χ2v) is 5.87. The van der Waals surface area contributed by atoms with Gasteiger partial charge in [-0.1, -0.05) is 18.2 Å². The first-order chi connectivity index (χ1) is 8.87. The van der Waals surface area contributed by atoms with Gasteiger partial charge in [-0.3, -0.25) is 4.68 Å². The van der Waals surface area contributed by atoms with Crippen LogP contribution in [0.2, 0.25) is 0 Å². The summed E-state index contributed by atoms with van der Waals surface area (Å²) in [5.41, 5.74) is 1.78. The molecule has 2 aromatic rings. The summed E-state index contributed by atoms with van der Waals surface area (Å²) in [6.07, 6.45) is -0.0187. The van der Waals surface area contributed by atoms with E-state index in [0.29, 0.717) is 13.0 Å². The number of rotatable bonds is 4. The topological polar surface area (TPSA) is 47.3 Å². The van der Waals surface area contributed by atoms with Crippen molar-refractivity contribution >= 4 is 10.9 Å². The quantitative estimate of drug-likeness (QED) is 0.919. The number of aromatic nitrogens is 2. The molecule has 0 saturated carbocycles. The van der Waals surface area contributed by atoms with Gasteiger partial charge in [-0.2, -0.15) is 5.10 Å². The van der Waals surface area contributed by atoms with E-state index in [4.69, 9.17) is 4.74 Å². The number of fused-ring (bicyclic) bond motifs is 1. The van der Waals surface area contributed by atoms with Crippen LogP contribution in [0.4, 0.5) is 0 Å². The van der Waals surface area contributed by atoms with Crippen molar-refractivity contribution in [3.05, 3.63) is 30.0 Å². The number of para-hydroxylation sites is 1. The van der Waals surface area contributed by atoms with E-state index >= 15 is 0 Å². The summed E-state index contributed by atoms with van der Waals surface area (Å²) in [7, 11) is 1.92. The summed E-state index contributed by atoms with van der Waals surface area (Å²) >= 11 is 0. The van der Waals surface area contributed by atoms with Crippen molar-refractivity contribution in [1.29, 1.82) is 0 Å². The molecule has 4 heteroatoms. The fourth-order valence-electron chi connectivity index (χ4n) is 2.07. The van der Waals surface area contributed by atoms with E-state index < -0.39 is 6.10 Å². The molecule has 1 N–H and O–H groups in total. The molecule has 1 heterocycles. The fourth-order valence-corrected chi connectivity index (χ4v) is 2.07. The Morgan fingerprint density at radius 2 is 2.00 bits per heavy atom. The fraction of sp³-hybridized carbons (Fsp3) is 0.533. The van der Waals surface area contributed by atoms with Crippen molar-refractivity contribution in [3.8, 4) is 0 Å². The van der Waals surface area contributed by atoms with Crippen LogP contribution >= 0.6 is 0 Å². The smallest absolute Gasteiger partial charge is 0.0830 e. The van der Waals surface area contributed by atoms with Crippen LogP contribution in [0, 0.1) is 0 Å². The van der Waals surface area contributed by atoms with E-state index in [9.17, 15) is 5.11 Å². The summed E-state index contributed by atoms with van der Waals surface area (Å²) in [6, 6.07) is 8.05. The van der Waals surface area contributed by atoms with Gasteiger partial charge in [0.15, 0.2) is 0 Å². The molecule has 1 aromatic carbocycles. The molecule has 4 nitrogen and oxygen atoms in total. The predicted octanol–water partition coefficient (Wildman–Crippen LogP) is 2.29. The molecule has 0 aliphatic heterocycles. The molecule has 2 rings (SSSR count). The highest BCUT2D eigenvalue weighted by Crippen LogP contribution is 2.19. The molecule has 0 saturated heterocycles. The third kappa shape index (κ3) is 3.55. The van der Waals surface area contributed by atoms with E-state index in [1.165, 1.54) is 0 Å². The lowest BCUT2D eigenvalue weighted by Gasteiger charge is -2.21. The van der Waals surface area contributed by atoms with E-state index in [-0.39, 0.29) is 5.60 Å². The van der Waals surface area contributed by atoms with Crippen molar-refractivity contribution < 1.29 is 9.84 Å². The molecule has 0 amide bonds. The van der Waals surface area contributed by atoms with Gasteiger partial charge in [-0.05, 0) is 26.8 Å². The lowest BCUT2D eigenvalue weighted by atomic mass is 10.1. The molecule has 104 valence electrons. The van der Waals surface area contributed by atoms with Crippen LogP contribution in [0.3, 0.4) is 0 Å². The number of aliphatic hydroxyl groups is 1. The van der Waals surface area contributed by atoms with Gasteiger partial charge in [0, 0.05) is 18.9 Å². The molecule has 0 radical (unpaired) electrons. The highest BCUT2D eigenvalue weighted by atomic mass is 16.5. The van der Waals surface area contributed by atoms with Gasteiger partial charge in [0.25, 0.3) is 0 Å². The number of ether oxygens (including phenoxy) is 1. The molecule has 1 aromatic heterocycles. The standard InChI is InChI=1S/C15H22N2O2/c1-15(2,3)19-10-11(18)9-13-12-7-5-6-8-14(12)17(4)16-13/h5-8,11,18H,9-10H2,1-4H3. The van der Waals surface area contributed by atoms with Gasteiger partial charge < -0.3 is 9.84 Å². The zero-order valence-corrected chi connectivity index (χ0v) is 12.1. The number of aryl methyl sites for hydroxylation is 1. The zero-order chi connectivity index (χ0) is 14.0. The second-order valence-electron chi connectivity index (χ2n) is 5.87. The largest absolute Gasteiger partial charge is 0.390 e. The third-order valence-electron chi connectivity index (χ3n) is 2.97. The molecule has 0 bridgehead atoms. The molecule has 0 aliphatic carbocycles. The summed E-state index contributed by atoms with van der Waals surface area (Å²) in [4.78, 5) is 0. The Kier molecular flexibility index (Phi) is 3.92. The zero-order valence-electron chi connectivity index (χ0n) is 12.1. The highest BCUT2D eigenvalue weighted by molar-refractivity contribution is 5.81. The van der Waals surface area contributed by atoms with Crippen molar-refractivity contribution in [2.24, 2.45) is 7.05 Å². The van der Waals surface area contributed by atoms with Crippen LogP contribution in [0.15, 0.2) is 24.3 Å². The Labute approximate surface area is 114 Å². The van der Waals surface area contributed by atoms with E-state index in [1.54, 1.807) is 0 Å². The van der Waals surface area contributed by atoms with Gasteiger partial charge in [0.2, 0.25) is 0 Å². The molecule has 0 aliphatic rings. The van der Waals surface area contributed by atoms with Crippen molar-refractivity contribution in [3.63, 3.8) is 0 Å². The number of nitrogens with zero attached hydrogens (tertiary/aromatic N) is 2. The average molecular weight is 262 g/mol. The van der Waals surface area contributed by atoms with Crippen molar-refractivity contribution in [2.45, 2.75) is 38.9 Å². The second kappa shape index (κ2) is 5.31. The van der Waals surface area contributed by atoms with E-state index in [1.807, 2.05) is 56.8 Å². The Balaban J connectivity index is 2.09. The minimum Gasteiger partial charge on any atom is -0.390 e. The Morgan fingerprint density at radius 3 is 2.68 bits per heavy atom. The Hall–Kier alpha value is -1.39. The maximum atomic E-state index is 10.1. The monoisotopic (exact) mass is 262 g/mol. The van der Waals surface area contributed by atoms with Gasteiger partial charge in [0.1, 0.15) is 0 Å². The molecule has 1 unspecified atom stereocenters. The molecule has 1 atom stereocenters. The maximum Gasteiger partial charge on any atom is 0.0830 e. The lowest BCUT2D eigenvalue weighted by Crippen LogP contribution is -2.27. The summed E-state index contributed by atoms with van der Waals surface area (Å²) < 4.78 is 7.45. The average Bonchev–Trinajstić information content (AvgIpc) is 2.64. The highest BCUT2D eigenvalue weighted by Gasteiger charge is 2.16. The SMILES string of the molecule is Cn1nc(CC(O)COC(C)(C)C)c2ccccc21. The van der Waals surface area contributed by atoms with E-state index in [0.717, 1.165) is 16.6 Å². The van der Waals surface area contributed by atoms with Gasteiger partial charge in [-0.15, -0.1) is 0 Å². The first kappa shape index (κ1) is 14.0. The normalized spacial score (nSPS) is 13.9. The Morgan fingerprint density at radius 1 is 1.32 bits per heavy atom. The number of aliphatic hydroxyl groups excluding tert-OH is 1. The molecule has 19 heavy (non-hydrogen) atoms.